The maximum atomic E-state index is 12.5. The second-order valence-electron chi connectivity index (χ2n) is 9.94. The number of carbonyl (C=O) groups excluding carboxylic acids is 2. The molecule has 6 atom stereocenters. The summed E-state index contributed by atoms with van der Waals surface area (Å²) >= 11 is 0. The highest BCUT2D eigenvalue weighted by Crippen LogP contribution is 2.45. The van der Waals surface area contributed by atoms with Crippen molar-refractivity contribution in [2.75, 3.05) is 40.3 Å². The number of likely N-dealkylation sites (tertiary alicyclic amines) is 2. The topological polar surface area (TPSA) is 195 Å². The molecule has 3 amide bonds. The van der Waals surface area contributed by atoms with E-state index < -0.39 is 24.1 Å². The summed E-state index contributed by atoms with van der Waals surface area (Å²) in [5.74, 6) is -2.46. The van der Waals surface area contributed by atoms with Crippen molar-refractivity contribution >= 4 is 23.9 Å². The Hall–Kier alpha value is -2.95. The summed E-state index contributed by atoms with van der Waals surface area (Å²) in [7, 11) is 3.60. The maximum absolute atomic E-state index is 12.5. The number of amides is 3. The van der Waals surface area contributed by atoms with Gasteiger partial charge in [0.25, 0.3) is 0 Å². The normalized spacial score (nSPS) is 28.4. The summed E-state index contributed by atoms with van der Waals surface area (Å²) in [6.45, 7) is 4.83. The van der Waals surface area contributed by atoms with Crippen LogP contribution in [-0.4, -0.2) is 123 Å². The number of aliphatic hydroxyl groups is 2. The SMILES string of the molecule is CCC1(NCC(=O)N2CCCC2C#N)C[C@H]2CN(C(=O)N(C)C)C[C@H]2C1.O=C(O)C(O)C(O)C(=O)O. The van der Waals surface area contributed by atoms with Gasteiger partial charge in [-0.25, -0.2) is 14.4 Å². The lowest BCUT2D eigenvalue weighted by molar-refractivity contribution is -0.165. The molecule has 0 aromatic heterocycles. The molecule has 2 heterocycles. The average molecular weight is 512 g/mol. The Bertz CT molecular complexity index is 843. The third kappa shape index (κ3) is 6.83. The van der Waals surface area contributed by atoms with E-state index in [1.165, 1.54) is 0 Å². The number of nitrogens with zero attached hydrogens (tertiary/aromatic N) is 4. The summed E-state index contributed by atoms with van der Waals surface area (Å²) in [4.78, 5) is 49.6. The minimum Gasteiger partial charge on any atom is -0.479 e. The molecule has 1 saturated carbocycles. The van der Waals surface area contributed by atoms with E-state index in [-0.39, 0.29) is 23.5 Å². The van der Waals surface area contributed by atoms with Crippen LogP contribution in [0.4, 0.5) is 4.79 Å². The van der Waals surface area contributed by atoms with Gasteiger partial charge in [0, 0.05) is 39.3 Å². The lowest BCUT2D eigenvalue weighted by Gasteiger charge is -2.33. The molecule has 5 N–H and O–H groups in total. The molecular formula is C23H37N5O8. The Morgan fingerprint density at radius 3 is 2.03 bits per heavy atom. The van der Waals surface area contributed by atoms with Crippen molar-refractivity contribution < 1.29 is 39.6 Å². The molecule has 202 valence electrons. The van der Waals surface area contributed by atoms with Gasteiger partial charge >= 0.3 is 18.0 Å². The van der Waals surface area contributed by atoms with Gasteiger partial charge in [-0.15, -0.1) is 0 Å². The zero-order valence-corrected chi connectivity index (χ0v) is 21.0. The van der Waals surface area contributed by atoms with Gasteiger partial charge in [-0.3, -0.25) is 4.79 Å². The Morgan fingerprint density at radius 1 is 1.08 bits per heavy atom. The van der Waals surface area contributed by atoms with Gasteiger partial charge in [0.1, 0.15) is 6.04 Å². The fourth-order valence-corrected chi connectivity index (χ4v) is 5.32. The molecule has 3 fully saturated rings. The predicted octanol–water partition coefficient (Wildman–Crippen LogP) is -0.860. The van der Waals surface area contributed by atoms with Crippen molar-refractivity contribution in [2.45, 2.75) is 62.8 Å². The van der Waals surface area contributed by atoms with Crippen molar-refractivity contribution in [1.29, 1.82) is 5.26 Å². The molecule has 2 saturated heterocycles. The van der Waals surface area contributed by atoms with Crippen molar-refractivity contribution in [3.63, 3.8) is 0 Å². The average Bonchev–Trinajstić information content (AvgIpc) is 3.55. The smallest absolute Gasteiger partial charge is 0.335 e. The van der Waals surface area contributed by atoms with Gasteiger partial charge in [0.2, 0.25) is 5.91 Å². The van der Waals surface area contributed by atoms with Crippen LogP contribution in [0.3, 0.4) is 0 Å². The molecule has 3 rings (SSSR count). The Morgan fingerprint density at radius 2 is 1.61 bits per heavy atom. The first-order valence-electron chi connectivity index (χ1n) is 12.1. The number of aliphatic carboxylic acids is 2. The van der Waals surface area contributed by atoms with Crippen LogP contribution >= 0.6 is 0 Å². The number of carboxylic acids is 2. The standard InChI is InChI=1S/C19H31N5O2.C4H6O6/c1-4-19(21-11-17(25)24-7-5-6-16(24)10-20)8-14-12-23(13-15(14)9-19)18(26)22(2)3;5-1(3(7)8)2(6)4(9)10/h14-16,21H,4-9,11-13H2,1-3H3;1-2,5-6H,(H,7,8)(H,9,10)/t14-,15+,16?,19?;. The number of rotatable bonds is 7. The number of hydrogen-bond acceptors (Lipinski definition) is 8. The summed E-state index contributed by atoms with van der Waals surface area (Å²) in [6.07, 6.45) is 0.191. The molecular weight excluding hydrogens is 474 g/mol. The fourth-order valence-electron chi connectivity index (χ4n) is 5.32. The largest absolute Gasteiger partial charge is 0.479 e. The van der Waals surface area contributed by atoms with Crippen molar-refractivity contribution in [1.82, 2.24) is 20.0 Å². The summed E-state index contributed by atoms with van der Waals surface area (Å²) in [5.41, 5.74) is -0.0138. The van der Waals surface area contributed by atoms with Crippen LogP contribution in [0.2, 0.25) is 0 Å². The number of fused-ring (bicyclic) bond motifs is 1. The maximum Gasteiger partial charge on any atom is 0.335 e. The van der Waals surface area contributed by atoms with Crippen LogP contribution in [0.5, 0.6) is 0 Å². The van der Waals surface area contributed by atoms with Gasteiger partial charge in [-0.1, -0.05) is 6.92 Å². The zero-order chi connectivity index (χ0) is 27.2. The third-order valence-electron chi connectivity index (χ3n) is 7.35. The van der Waals surface area contributed by atoms with Gasteiger partial charge < -0.3 is 40.4 Å². The number of hydrogen-bond donors (Lipinski definition) is 5. The molecule has 13 nitrogen and oxygen atoms in total. The van der Waals surface area contributed by atoms with E-state index in [1.807, 2.05) is 4.90 Å². The highest BCUT2D eigenvalue weighted by Gasteiger charge is 2.49. The Labute approximate surface area is 210 Å². The highest BCUT2D eigenvalue weighted by molar-refractivity contribution is 5.83. The number of nitrogens with one attached hydrogen (secondary N) is 1. The number of aliphatic hydroxyl groups excluding tert-OH is 2. The first-order valence-corrected chi connectivity index (χ1v) is 12.1. The number of carbonyl (C=O) groups is 4. The number of urea groups is 1. The third-order valence-corrected chi connectivity index (χ3v) is 7.35. The van der Waals surface area contributed by atoms with Gasteiger partial charge in [0.15, 0.2) is 12.2 Å². The first kappa shape index (κ1) is 29.3. The predicted molar refractivity (Wildman–Crippen MR) is 126 cm³/mol. The summed E-state index contributed by atoms with van der Waals surface area (Å²) in [6, 6.07) is 2.08. The van der Waals surface area contributed by atoms with E-state index in [4.69, 9.17) is 20.4 Å². The molecule has 13 heteroatoms. The van der Waals surface area contributed by atoms with Gasteiger partial charge in [-0.2, -0.15) is 5.26 Å². The molecule has 3 aliphatic rings. The lowest BCUT2D eigenvalue weighted by atomic mass is 9.92. The molecule has 36 heavy (non-hydrogen) atoms. The Kier molecular flexibility index (Phi) is 10.0. The minimum absolute atomic E-state index is 0.0138. The minimum atomic E-state index is -2.27. The molecule has 1 aliphatic carbocycles. The molecule has 0 radical (unpaired) electrons. The van der Waals surface area contributed by atoms with Crippen molar-refractivity contribution in [3.05, 3.63) is 0 Å². The van der Waals surface area contributed by atoms with Crippen LogP contribution < -0.4 is 5.32 Å². The molecule has 0 aromatic rings. The molecule has 0 spiro atoms. The second-order valence-corrected chi connectivity index (χ2v) is 9.94. The van der Waals surface area contributed by atoms with E-state index >= 15 is 0 Å². The van der Waals surface area contributed by atoms with Gasteiger partial charge in [0.05, 0.1) is 12.6 Å². The van der Waals surface area contributed by atoms with Crippen molar-refractivity contribution in [3.8, 4) is 6.07 Å². The number of carboxylic acid groups (broad SMARTS) is 2. The van der Waals surface area contributed by atoms with E-state index in [9.17, 15) is 24.4 Å². The quantitative estimate of drug-likeness (QED) is 0.287. The first-order chi connectivity index (χ1) is 16.9. The van der Waals surface area contributed by atoms with Crippen LogP contribution in [0.1, 0.15) is 39.0 Å². The lowest BCUT2D eigenvalue weighted by Crippen LogP contribution is -2.50. The van der Waals surface area contributed by atoms with Crippen molar-refractivity contribution in [2.24, 2.45) is 11.8 Å². The van der Waals surface area contributed by atoms with Crippen LogP contribution in [0, 0.1) is 23.2 Å². The van der Waals surface area contributed by atoms with Crippen LogP contribution in [-0.2, 0) is 14.4 Å². The molecule has 2 aliphatic heterocycles. The van der Waals surface area contributed by atoms with E-state index in [0.717, 1.165) is 45.2 Å². The van der Waals surface area contributed by atoms with Crippen LogP contribution in [0.25, 0.3) is 0 Å². The fraction of sp³-hybridized carbons (Fsp3) is 0.783. The highest BCUT2D eigenvalue weighted by atomic mass is 16.4. The Balaban J connectivity index is 0.000000388. The molecule has 0 aromatic carbocycles. The summed E-state index contributed by atoms with van der Waals surface area (Å²) < 4.78 is 0. The number of nitriles is 1. The zero-order valence-electron chi connectivity index (χ0n) is 21.0. The van der Waals surface area contributed by atoms with Gasteiger partial charge in [-0.05, 0) is 43.9 Å². The van der Waals surface area contributed by atoms with E-state index in [1.54, 1.807) is 23.9 Å². The van der Waals surface area contributed by atoms with E-state index in [0.29, 0.717) is 24.9 Å². The van der Waals surface area contributed by atoms with Crippen LogP contribution in [0.15, 0.2) is 0 Å². The second kappa shape index (κ2) is 12.3. The monoisotopic (exact) mass is 511 g/mol. The molecule has 0 bridgehead atoms. The molecule has 4 unspecified atom stereocenters. The summed E-state index contributed by atoms with van der Waals surface area (Å²) in [5, 5.41) is 45.3. The van der Waals surface area contributed by atoms with E-state index in [2.05, 4.69) is 18.3 Å².